The van der Waals surface area contributed by atoms with Gasteiger partial charge in [-0.2, -0.15) is 8.42 Å². The summed E-state index contributed by atoms with van der Waals surface area (Å²) in [5.41, 5.74) is 8.29. The maximum Gasteiger partial charge on any atom is 0.264 e. The van der Waals surface area contributed by atoms with Crippen LogP contribution in [0.1, 0.15) is 28.7 Å². The van der Waals surface area contributed by atoms with E-state index in [0.29, 0.717) is 12.2 Å². The molecule has 4 nitrogen and oxygen atoms in total. The monoisotopic (exact) mass is 559 g/mol. The lowest BCUT2D eigenvalue weighted by molar-refractivity contribution is 0.482. The molecule has 0 atom stereocenters. The van der Waals surface area contributed by atoms with E-state index in [2.05, 4.69) is 102 Å². The first-order valence-corrected chi connectivity index (χ1v) is 16.1. The molecule has 0 unspecified atom stereocenters. The van der Waals surface area contributed by atoms with Crippen molar-refractivity contribution < 1.29 is 13.0 Å². The molecule has 0 spiro atoms. The summed E-state index contributed by atoms with van der Waals surface area (Å²) in [6, 6.07) is 37.9. The topological polar surface area (TPSA) is 57.6 Å². The van der Waals surface area contributed by atoms with E-state index in [1.807, 2.05) is 12.1 Å². The van der Waals surface area contributed by atoms with E-state index in [0.717, 1.165) is 27.9 Å². The van der Waals surface area contributed by atoms with Gasteiger partial charge in [-0.15, -0.1) is 23.5 Å². The van der Waals surface area contributed by atoms with Gasteiger partial charge in [-0.25, -0.2) is 0 Å². The fourth-order valence-corrected chi connectivity index (χ4v) is 7.73. The predicted octanol–water partition coefficient (Wildman–Crippen LogP) is 8.00. The maximum atomic E-state index is 11.3. The van der Waals surface area contributed by atoms with Gasteiger partial charge in [0.1, 0.15) is 0 Å². The molecule has 0 bridgehead atoms. The predicted molar refractivity (Wildman–Crippen MR) is 162 cm³/mol. The number of fused-ring (bicyclic) bond motifs is 2. The Kier molecular flexibility index (Phi) is 8.59. The van der Waals surface area contributed by atoms with Crippen molar-refractivity contribution in [1.29, 1.82) is 0 Å². The van der Waals surface area contributed by atoms with E-state index in [1.165, 1.54) is 27.8 Å². The minimum atomic E-state index is -3.98. The van der Waals surface area contributed by atoms with Crippen LogP contribution in [0.4, 0.5) is 11.4 Å². The Bertz CT molecular complexity index is 1470. The van der Waals surface area contributed by atoms with Crippen LogP contribution in [0.2, 0.25) is 0 Å². The average Bonchev–Trinajstić information content (AvgIpc) is 2.94. The van der Waals surface area contributed by atoms with Crippen LogP contribution < -0.4 is 4.90 Å². The highest BCUT2D eigenvalue weighted by molar-refractivity contribution is 8.22. The number of nitrogens with zero attached hydrogens (tertiary/aromatic N) is 1. The second-order valence-electron chi connectivity index (χ2n) is 9.03. The lowest BCUT2D eigenvalue weighted by Gasteiger charge is -2.35. The molecule has 1 aliphatic rings. The minimum absolute atomic E-state index is 0.232. The molecule has 1 heterocycles. The standard InChI is InChI=1S/C31H29NO3S3/c33-38(34,35)21-11-20-36-31(37-23-25-14-5-2-6-15-25)30-26-16-7-9-18-28(26)32(22-24-12-3-1-4-13-24)29-19-10-8-17-27(29)30/h1-10,12-19H,11,20-23H2,(H,33,34,35). The molecule has 38 heavy (non-hydrogen) atoms. The number of rotatable bonds is 10. The zero-order valence-corrected chi connectivity index (χ0v) is 23.3. The van der Waals surface area contributed by atoms with Gasteiger partial charge in [-0.05, 0) is 35.4 Å². The number of hydrogen-bond acceptors (Lipinski definition) is 5. The van der Waals surface area contributed by atoms with Gasteiger partial charge < -0.3 is 4.90 Å². The molecule has 194 valence electrons. The SMILES string of the molecule is O=S(=O)(O)CCCSC(SCc1ccccc1)=C1c2ccccc2N(Cc2ccccc2)c2ccccc21. The van der Waals surface area contributed by atoms with Gasteiger partial charge in [0.25, 0.3) is 10.1 Å². The summed E-state index contributed by atoms with van der Waals surface area (Å²) < 4.78 is 33.0. The van der Waals surface area contributed by atoms with Gasteiger partial charge in [0, 0.05) is 44.6 Å². The van der Waals surface area contributed by atoms with E-state index >= 15 is 0 Å². The molecule has 1 N–H and O–H groups in total. The highest BCUT2D eigenvalue weighted by Crippen LogP contribution is 2.51. The Morgan fingerprint density at radius 1 is 0.684 bits per heavy atom. The van der Waals surface area contributed by atoms with Crippen LogP contribution in [0.3, 0.4) is 0 Å². The Balaban J connectivity index is 1.58. The molecule has 0 aromatic heterocycles. The molecule has 4 aromatic rings. The zero-order valence-electron chi connectivity index (χ0n) is 20.9. The van der Waals surface area contributed by atoms with Crippen LogP contribution in [0.25, 0.3) is 5.57 Å². The largest absolute Gasteiger partial charge is 0.336 e. The van der Waals surface area contributed by atoms with Gasteiger partial charge >= 0.3 is 0 Å². The molecule has 5 rings (SSSR count). The molecule has 0 aliphatic carbocycles. The van der Waals surface area contributed by atoms with Gasteiger partial charge in [0.15, 0.2) is 0 Å². The molecule has 0 fully saturated rings. The lowest BCUT2D eigenvalue weighted by atomic mass is 9.91. The lowest BCUT2D eigenvalue weighted by Crippen LogP contribution is -2.22. The molecule has 4 aromatic carbocycles. The smallest absolute Gasteiger partial charge is 0.264 e. The Hall–Kier alpha value is -2.97. The van der Waals surface area contributed by atoms with Crippen molar-refractivity contribution in [3.63, 3.8) is 0 Å². The van der Waals surface area contributed by atoms with Crippen LogP contribution in [-0.4, -0.2) is 24.5 Å². The quantitative estimate of drug-likeness (QED) is 0.157. The van der Waals surface area contributed by atoms with Crippen molar-refractivity contribution in [2.24, 2.45) is 0 Å². The van der Waals surface area contributed by atoms with E-state index in [-0.39, 0.29) is 5.75 Å². The summed E-state index contributed by atoms with van der Waals surface area (Å²) in [6.07, 6.45) is 0.385. The molecule has 7 heteroatoms. The Morgan fingerprint density at radius 2 is 1.21 bits per heavy atom. The Morgan fingerprint density at radius 3 is 1.79 bits per heavy atom. The van der Waals surface area contributed by atoms with Crippen molar-refractivity contribution in [3.05, 3.63) is 136 Å². The number of hydrogen-bond donors (Lipinski definition) is 1. The first-order chi connectivity index (χ1) is 18.5. The molecule has 1 aliphatic heterocycles. The van der Waals surface area contributed by atoms with Gasteiger partial charge in [0.05, 0.1) is 5.75 Å². The normalized spacial score (nSPS) is 12.7. The van der Waals surface area contributed by atoms with Gasteiger partial charge in [-0.3, -0.25) is 4.55 Å². The van der Waals surface area contributed by atoms with Crippen molar-refractivity contribution >= 4 is 50.6 Å². The third-order valence-electron chi connectivity index (χ3n) is 6.31. The molecule has 0 amide bonds. The molecule has 0 radical (unpaired) electrons. The number of thioether (sulfide) groups is 2. The summed E-state index contributed by atoms with van der Waals surface area (Å²) in [5.74, 6) is 1.17. The van der Waals surface area contributed by atoms with E-state index in [4.69, 9.17) is 0 Å². The molecule has 0 saturated heterocycles. The second-order valence-corrected chi connectivity index (χ2v) is 13.0. The minimum Gasteiger partial charge on any atom is -0.336 e. The van der Waals surface area contributed by atoms with Crippen LogP contribution in [0.5, 0.6) is 0 Å². The van der Waals surface area contributed by atoms with E-state index < -0.39 is 10.1 Å². The highest BCUT2D eigenvalue weighted by atomic mass is 32.2. The second kappa shape index (κ2) is 12.3. The summed E-state index contributed by atoms with van der Waals surface area (Å²) in [6.45, 7) is 0.760. The van der Waals surface area contributed by atoms with Gasteiger partial charge in [-0.1, -0.05) is 97.1 Å². The summed E-state index contributed by atoms with van der Waals surface area (Å²) in [7, 11) is -3.98. The number of para-hydroxylation sites is 2. The van der Waals surface area contributed by atoms with Crippen molar-refractivity contribution in [3.8, 4) is 0 Å². The molecular formula is C31H29NO3S3. The summed E-state index contributed by atoms with van der Waals surface area (Å²) >= 11 is 3.45. The first kappa shape index (κ1) is 26.6. The first-order valence-electron chi connectivity index (χ1n) is 12.5. The highest BCUT2D eigenvalue weighted by Gasteiger charge is 2.28. The van der Waals surface area contributed by atoms with Gasteiger partial charge in [0.2, 0.25) is 0 Å². The maximum absolute atomic E-state index is 11.3. The van der Waals surface area contributed by atoms with Crippen LogP contribution >= 0.6 is 23.5 Å². The van der Waals surface area contributed by atoms with Crippen molar-refractivity contribution in [2.45, 2.75) is 18.7 Å². The van der Waals surface area contributed by atoms with Crippen LogP contribution in [0, 0.1) is 0 Å². The molecular weight excluding hydrogens is 531 g/mol. The van der Waals surface area contributed by atoms with Crippen LogP contribution in [0.15, 0.2) is 113 Å². The fourth-order valence-electron chi connectivity index (χ4n) is 4.59. The number of benzene rings is 4. The molecule has 0 saturated carbocycles. The van der Waals surface area contributed by atoms with E-state index in [9.17, 15) is 13.0 Å². The van der Waals surface area contributed by atoms with Crippen molar-refractivity contribution in [1.82, 2.24) is 0 Å². The summed E-state index contributed by atoms with van der Waals surface area (Å²) in [4.78, 5) is 2.38. The third kappa shape index (κ3) is 6.53. The zero-order chi connectivity index (χ0) is 26.4. The number of anilines is 2. The van der Waals surface area contributed by atoms with Crippen molar-refractivity contribution in [2.75, 3.05) is 16.4 Å². The fraction of sp³-hybridized carbons (Fsp3) is 0.161. The average molecular weight is 560 g/mol. The third-order valence-corrected chi connectivity index (χ3v) is 9.72. The summed E-state index contributed by atoms with van der Waals surface area (Å²) in [5, 5.41) is 0. The Labute approximate surface area is 233 Å². The van der Waals surface area contributed by atoms with Crippen LogP contribution in [-0.2, 0) is 22.4 Å². The van der Waals surface area contributed by atoms with E-state index in [1.54, 1.807) is 23.5 Å².